The van der Waals surface area contributed by atoms with E-state index >= 15 is 0 Å². The number of hydrogen-bond acceptors (Lipinski definition) is 3. The standard InChI is InChI=1S/C15H24N2O2/c16-14-7-5-6-13(12-14)8-9-15(19)17-10-3-1-2-4-11-18/h5-7,12,18H,1-4,8-11,16H2,(H,17,19). The van der Waals surface area contributed by atoms with E-state index < -0.39 is 0 Å². The molecule has 4 heteroatoms. The van der Waals surface area contributed by atoms with Crippen LogP contribution in [0.15, 0.2) is 24.3 Å². The van der Waals surface area contributed by atoms with Crippen molar-refractivity contribution in [2.24, 2.45) is 0 Å². The van der Waals surface area contributed by atoms with Crippen molar-refractivity contribution in [2.75, 3.05) is 18.9 Å². The third-order valence-electron chi connectivity index (χ3n) is 3.00. The first-order valence-electron chi connectivity index (χ1n) is 6.94. The predicted molar refractivity (Wildman–Crippen MR) is 77.7 cm³/mol. The Hall–Kier alpha value is -1.55. The van der Waals surface area contributed by atoms with Gasteiger partial charge in [-0.2, -0.15) is 0 Å². The summed E-state index contributed by atoms with van der Waals surface area (Å²) in [5.74, 6) is 0.0876. The minimum Gasteiger partial charge on any atom is -0.399 e. The number of nitrogens with two attached hydrogens (primary N) is 1. The number of carbonyl (C=O) groups is 1. The zero-order chi connectivity index (χ0) is 13.9. The summed E-state index contributed by atoms with van der Waals surface area (Å²) < 4.78 is 0. The molecule has 0 saturated heterocycles. The van der Waals surface area contributed by atoms with Crippen LogP contribution in [0.5, 0.6) is 0 Å². The molecule has 0 aliphatic rings. The second-order valence-corrected chi connectivity index (χ2v) is 4.73. The lowest BCUT2D eigenvalue weighted by molar-refractivity contribution is -0.121. The molecular formula is C15H24N2O2. The molecule has 0 bridgehead atoms. The maximum absolute atomic E-state index is 11.6. The molecule has 0 saturated carbocycles. The second-order valence-electron chi connectivity index (χ2n) is 4.73. The Balaban J connectivity index is 2.08. The fourth-order valence-corrected chi connectivity index (χ4v) is 1.91. The number of aliphatic hydroxyl groups is 1. The molecule has 0 fully saturated rings. The van der Waals surface area contributed by atoms with E-state index in [1.54, 1.807) is 0 Å². The summed E-state index contributed by atoms with van der Waals surface area (Å²) in [6.07, 6.45) is 5.13. The highest BCUT2D eigenvalue weighted by Crippen LogP contribution is 2.08. The Morgan fingerprint density at radius 2 is 2.00 bits per heavy atom. The maximum atomic E-state index is 11.6. The molecule has 4 N–H and O–H groups in total. The SMILES string of the molecule is Nc1cccc(CCC(=O)NCCCCCCO)c1. The highest BCUT2D eigenvalue weighted by atomic mass is 16.2. The first kappa shape index (κ1) is 15.5. The number of benzene rings is 1. The van der Waals surface area contributed by atoms with Crippen LogP contribution < -0.4 is 11.1 Å². The van der Waals surface area contributed by atoms with E-state index in [0.717, 1.165) is 49.9 Å². The number of aryl methyl sites for hydroxylation is 1. The second kappa shape index (κ2) is 9.39. The number of unbranched alkanes of at least 4 members (excludes halogenated alkanes) is 3. The number of hydrogen-bond donors (Lipinski definition) is 3. The number of amides is 1. The molecule has 19 heavy (non-hydrogen) atoms. The lowest BCUT2D eigenvalue weighted by atomic mass is 10.1. The molecule has 0 atom stereocenters. The largest absolute Gasteiger partial charge is 0.399 e. The van der Waals surface area contributed by atoms with Crippen molar-refractivity contribution in [1.29, 1.82) is 0 Å². The summed E-state index contributed by atoms with van der Waals surface area (Å²) in [7, 11) is 0. The molecule has 1 amide bonds. The zero-order valence-electron chi connectivity index (χ0n) is 11.4. The summed E-state index contributed by atoms with van der Waals surface area (Å²) >= 11 is 0. The molecule has 0 radical (unpaired) electrons. The fraction of sp³-hybridized carbons (Fsp3) is 0.533. The summed E-state index contributed by atoms with van der Waals surface area (Å²) in [6, 6.07) is 7.64. The van der Waals surface area contributed by atoms with Crippen molar-refractivity contribution >= 4 is 11.6 Å². The summed E-state index contributed by atoms with van der Waals surface area (Å²) in [4.78, 5) is 11.6. The van der Waals surface area contributed by atoms with E-state index in [0.29, 0.717) is 6.42 Å². The molecule has 0 heterocycles. The van der Waals surface area contributed by atoms with Crippen LogP contribution >= 0.6 is 0 Å². The molecule has 0 aliphatic carbocycles. The molecular weight excluding hydrogens is 240 g/mol. The minimum absolute atomic E-state index is 0.0876. The summed E-state index contributed by atoms with van der Waals surface area (Å²) in [6.45, 7) is 0.980. The van der Waals surface area contributed by atoms with E-state index in [1.807, 2.05) is 24.3 Å². The topological polar surface area (TPSA) is 75.4 Å². The van der Waals surface area contributed by atoms with Gasteiger partial charge in [-0.1, -0.05) is 25.0 Å². The summed E-state index contributed by atoms with van der Waals surface area (Å²) in [5, 5.41) is 11.5. The van der Waals surface area contributed by atoms with Gasteiger partial charge in [-0.05, 0) is 37.0 Å². The van der Waals surface area contributed by atoms with Gasteiger partial charge in [0.1, 0.15) is 0 Å². The fourth-order valence-electron chi connectivity index (χ4n) is 1.91. The monoisotopic (exact) mass is 264 g/mol. The van der Waals surface area contributed by atoms with E-state index in [1.165, 1.54) is 0 Å². The van der Waals surface area contributed by atoms with Gasteiger partial charge < -0.3 is 16.2 Å². The predicted octanol–water partition coefficient (Wildman–Crippen LogP) is 1.87. The minimum atomic E-state index is 0.0876. The average Bonchev–Trinajstić information content (AvgIpc) is 2.40. The van der Waals surface area contributed by atoms with Crippen LogP contribution in [0.2, 0.25) is 0 Å². The number of rotatable bonds is 9. The molecule has 4 nitrogen and oxygen atoms in total. The van der Waals surface area contributed by atoms with E-state index in [9.17, 15) is 4.79 Å². The molecule has 0 spiro atoms. The van der Waals surface area contributed by atoms with Crippen LogP contribution in [0.3, 0.4) is 0 Å². The van der Waals surface area contributed by atoms with Crippen molar-refractivity contribution in [3.8, 4) is 0 Å². The van der Waals surface area contributed by atoms with Gasteiger partial charge in [0.25, 0.3) is 0 Å². The number of anilines is 1. The van der Waals surface area contributed by atoms with Crippen LogP contribution in [0, 0.1) is 0 Å². The lowest BCUT2D eigenvalue weighted by Crippen LogP contribution is -2.24. The van der Waals surface area contributed by atoms with Gasteiger partial charge in [-0.3, -0.25) is 4.79 Å². The van der Waals surface area contributed by atoms with E-state index in [2.05, 4.69) is 5.32 Å². The van der Waals surface area contributed by atoms with Crippen LogP contribution in [-0.2, 0) is 11.2 Å². The quantitative estimate of drug-likeness (QED) is 0.471. The highest BCUT2D eigenvalue weighted by Gasteiger charge is 2.02. The van der Waals surface area contributed by atoms with E-state index in [4.69, 9.17) is 10.8 Å². The van der Waals surface area contributed by atoms with Crippen molar-refractivity contribution in [3.05, 3.63) is 29.8 Å². The maximum Gasteiger partial charge on any atom is 0.220 e. The van der Waals surface area contributed by atoms with Gasteiger partial charge in [0.2, 0.25) is 5.91 Å². The third kappa shape index (κ3) is 7.47. The molecule has 1 rings (SSSR count). The Bertz CT molecular complexity index is 380. The van der Waals surface area contributed by atoms with Crippen molar-refractivity contribution in [2.45, 2.75) is 38.5 Å². The Kier molecular flexibility index (Phi) is 7.66. The van der Waals surface area contributed by atoms with Crippen LogP contribution in [0.25, 0.3) is 0 Å². The van der Waals surface area contributed by atoms with E-state index in [-0.39, 0.29) is 12.5 Å². The molecule has 106 valence electrons. The van der Waals surface area contributed by atoms with Gasteiger partial charge in [0.15, 0.2) is 0 Å². The van der Waals surface area contributed by atoms with Gasteiger partial charge in [-0.25, -0.2) is 0 Å². The molecule has 0 unspecified atom stereocenters. The molecule has 0 aliphatic heterocycles. The zero-order valence-corrected chi connectivity index (χ0v) is 11.4. The van der Waals surface area contributed by atoms with Gasteiger partial charge in [0.05, 0.1) is 0 Å². The van der Waals surface area contributed by atoms with Gasteiger partial charge >= 0.3 is 0 Å². The Labute approximate surface area is 115 Å². The van der Waals surface area contributed by atoms with Crippen molar-refractivity contribution in [3.63, 3.8) is 0 Å². The Morgan fingerprint density at radius 1 is 1.21 bits per heavy atom. The number of carbonyl (C=O) groups excluding carboxylic acids is 1. The average molecular weight is 264 g/mol. The number of nitrogens with one attached hydrogen (secondary N) is 1. The van der Waals surface area contributed by atoms with Crippen LogP contribution in [0.4, 0.5) is 5.69 Å². The first-order valence-corrected chi connectivity index (χ1v) is 6.94. The number of aliphatic hydroxyl groups excluding tert-OH is 1. The van der Waals surface area contributed by atoms with Crippen molar-refractivity contribution in [1.82, 2.24) is 5.32 Å². The van der Waals surface area contributed by atoms with Crippen LogP contribution in [-0.4, -0.2) is 24.2 Å². The molecule has 0 aromatic heterocycles. The third-order valence-corrected chi connectivity index (χ3v) is 3.00. The first-order chi connectivity index (χ1) is 9.22. The normalized spacial score (nSPS) is 10.4. The van der Waals surface area contributed by atoms with Crippen LogP contribution in [0.1, 0.15) is 37.7 Å². The molecule has 1 aromatic rings. The van der Waals surface area contributed by atoms with Gasteiger partial charge in [-0.15, -0.1) is 0 Å². The smallest absolute Gasteiger partial charge is 0.220 e. The number of nitrogen functional groups attached to an aromatic ring is 1. The molecule has 1 aromatic carbocycles. The van der Waals surface area contributed by atoms with Crippen molar-refractivity contribution < 1.29 is 9.90 Å². The Morgan fingerprint density at radius 3 is 2.74 bits per heavy atom. The van der Waals surface area contributed by atoms with Gasteiger partial charge in [0, 0.05) is 25.3 Å². The highest BCUT2D eigenvalue weighted by molar-refractivity contribution is 5.76. The lowest BCUT2D eigenvalue weighted by Gasteiger charge is -2.05. The summed E-state index contributed by atoms with van der Waals surface area (Å²) in [5.41, 5.74) is 7.52.